The van der Waals surface area contributed by atoms with Gasteiger partial charge in [0.2, 0.25) is 5.91 Å². The molecule has 2 aromatic carbocycles. The molecular formula is C26H27Cl2N3O2. The average molecular weight is 484 g/mol. The van der Waals surface area contributed by atoms with Gasteiger partial charge in [-0.1, -0.05) is 29.3 Å². The molecule has 7 heteroatoms. The molecule has 33 heavy (non-hydrogen) atoms. The summed E-state index contributed by atoms with van der Waals surface area (Å²) >= 11 is 12.1. The van der Waals surface area contributed by atoms with Gasteiger partial charge in [0.05, 0.1) is 28.3 Å². The largest absolute Gasteiger partial charge is 0.490 e. The number of fused-ring (bicyclic) bond motifs is 1. The number of aromatic nitrogens is 2. The monoisotopic (exact) mass is 483 g/mol. The summed E-state index contributed by atoms with van der Waals surface area (Å²) in [6.07, 6.45) is 9.38. The lowest BCUT2D eigenvalue weighted by Gasteiger charge is -2.18. The number of amides is 1. The highest BCUT2D eigenvalue weighted by atomic mass is 35.5. The van der Waals surface area contributed by atoms with Crippen molar-refractivity contribution in [1.29, 1.82) is 0 Å². The first-order valence-electron chi connectivity index (χ1n) is 11.6. The fourth-order valence-electron chi connectivity index (χ4n) is 4.66. The third-order valence-corrected chi connectivity index (χ3v) is 7.17. The van der Waals surface area contributed by atoms with E-state index in [1.54, 1.807) is 12.1 Å². The number of carbonyl (C=O) groups excluding carboxylic acids is 1. The standard InChI is InChI=1S/C26H27Cl2N3O2/c27-21-9-7-17(12-22(21)28)13-26(32)29-15-19-14-18(23-16-31-11-3-6-25(31)30-23)8-10-24(19)33-20-4-1-2-5-20/h7-10,12,14,16,20H,1-6,11,13,15H2,(H,29,32). The SMILES string of the molecule is O=C(Cc1ccc(Cl)c(Cl)c1)NCc1cc(-c2cn3c(n2)CCC3)ccc1OC1CCCC1. The number of halogens is 2. The summed E-state index contributed by atoms with van der Waals surface area (Å²) in [7, 11) is 0. The van der Waals surface area contributed by atoms with Gasteiger partial charge in [-0.25, -0.2) is 4.98 Å². The van der Waals surface area contributed by atoms with Gasteiger partial charge in [0.1, 0.15) is 11.6 Å². The first-order valence-corrected chi connectivity index (χ1v) is 12.4. The summed E-state index contributed by atoms with van der Waals surface area (Å²) in [6, 6.07) is 11.5. The van der Waals surface area contributed by atoms with Gasteiger partial charge in [0.15, 0.2) is 0 Å². The maximum Gasteiger partial charge on any atom is 0.224 e. The molecule has 172 valence electrons. The van der Waals surface area contributed by atoms with Crippen LogP contribution in [-0.2, 0) is 30.7 Å². The van der Waals surface area contributed by atoms with Crippen LogP contribution < -0.4 is 10.1 Å². The first-order chi connectivity index (χ1) is 16.0. The number of hydrogen-bond donors (Lipinski definition) is 1. The van der Waals surface area contributed by atoms with E-state index in [1.165, 1.54) is 12.8 Å². The summed E-state index contributed by atoms with van der Waals surface area (Å²) in [5.41, 5.74) is 3.81. The molecule has 1 aliphatic heterocycles. The number of nitrogens with one attached hydrogen (secondary N) is 1. The molecule has 1 saturated carbocycles. The van der Waals surface area contributed by atoms with Crippen LogP contribution in [0.5, 0.6) is 5.75 Å². The van der Waals surface area contributed by atoms with Crippen LogP contribution in [0, 0.1) is 0 Å². The molecule has 5 nitrogen and oxygen atoms in total. The minimum Gasteiger partial charge on any atom is -0.490 e. The highest BCUT2D eigenvalue weighted by Crippen LogP contribution is 2.31. The normalized spacial score (nSPS) is 15.6. The molecule has 2 aliphatic rings. The lowest BCUT2D eigenvalue weighted by Crippen LogP contribution is -2.25. The van der Waals surface area contributed by atoms with Crippen LogP contribution in [0.3, 0.4) is 0 Å². The van der Waals surface area contributed by atoms with Crippen LogP contribution in [0.25, 0.3) is 11.3 Å². The molecule has 1 fully saturated rings. The zero-order valence-corrected chi connectivity index (χ0v) is 20.0. The zero-order valence-electron chi connectivity index (χ0n) is 18.4. The molecule has 0 bridgehead atoms. The van der Waals surface area contributed by atoms with Crippen molar-refractivity contribution in [3.05, 3.63) is 69.6 Å². The first kappa shape index (κ1) is 22.3. The summed E-state index contributed by atoms with van der Waals surface area (Å²) in [4.78, 5) is 17.5. The Kier molecular flexibility index (Phi) is 6.61. The Morgan fingerprint density at radius 3 is 2.73 bits per heavy atom. The van der Waals surface area contributed by atoms with Crippen molar-refractivity contribution in [1.82, 2.24) is 14.9 Å². The number of nitrogens with zero attached hydrogens (tertiary/aromatic N) is 2. The van der Waals surface area contributed by atoms with Crippen molar-refractivity contribution >= 4 is 29.1 Å². The number of ether oxygens (including phenoxy) is 1. The highest BCUT2D eigenvalue weighted by molar-refractivity contribution is 6.42. The highest BCUT2D eigenvalue weighted by Gasteiger charge is 2.20. The number of hydrogen-bond acceptors (Lipinski definition) is 3. The van der Waals surface area contributed by atoms with Gasteiger partial charge in [-0.2, -0.15) is 0 Å². The quantitative estimate of drug-likeness (QED) is 0.449. The number of rotatable bonds is 7. The maximum atomic E-state index is 12.6. The number of benzene rings is 2. The molecule has 1 amide bonds. The summed E-state index contributed by atoms with van der Waals surface area (Å²) in [5.74, 6) is 1.91. The predicted octanol–water partition coefficient (Wildman–Crippen LogP) is 5.98. The third-order valence-electron chi connectivity index (χ3n) is 6.44. The molecular weight excluding hydrogens is 457 g/mol. The van der Waals surface area contributed by atoms with E-state index < -0.39 is 0 Å². The van der Waals surface area contributed by atoms with Crippen LogP contribution in [0.4, 0.5) is 0 Å². The molecule has 0 saturated heterocycles. The Hall–Kier alpha value is -2.50. The predicted molar refractivity (Wildman–Crippen MR) is 131 cm³/mol. The maximum absolute atomic E-state index is 12.6. The number of imidazole rings is 1. The second-order valence-corrected chi connectivity index (χ2v) is 9.70. The number of carbonyl (C=O) groups is 1. The van der Waals surface area contributed by atoms with E-state index in [9.17, 15) is 4.79 Å². The van der Waals surface area contributed by atoms with E-state index in [2.05, 4.69) is 28.2 Å². The van der Waals surface area contributed by atoms with Crippen molar-refractivity contribution in [3.8, 4) is 17.0 Å². The third kappa shape index (κ3) is 5.20. The van der Waals surface area contributed by atoms with Gasteiger partial charge in [0.25, 0.3) is 0 Å². The minimum absolute atomic E-state index is 0.0772. The van der Waals surface area contributed by atoms with Gasteiger partial charge >= 0.3 is 0 Å². The van der Waals surface area contributed by atoms with Crippen LogP contribution in [0.2, 0.25) is 10.0 Å². The molecule has 1 N–H and O–H groups in total. The Balaban J connectivity index is 1.33. The molecule has 5 rings (SSSR count). The van der Waals surface area contributed by atoms with E-state index >= 15 is 0 Å². The molecule has 1 aromatic heterocycles. The van der Waals surface area contributed by atoms with E-state index in [0.717, 1.165) is 66.2 Å². The van der Waals surface area contributed by atoms with Gasteiger partial charge in [-0.3, -0.25) is 4.79 Å². The molecule has 0 spiro atoms. The second-order valence-electron chi connectivity index (χ2n) is 8.89. The molecule has 1 aliphatic carbocycles. The van der Waals surface area contributed by atoms with Gasteiger partial charge in [-0.05, 0) is 68.0 Å². The lowest BCUT2D eigenvalue weighted by atomic mass is 10.1. The van der Waals surface area contributed by atoms with Crippen molar-refractivity contribution in [2.75, 3.05) is 0 Å². The minimum atomic E-state index is -0.0772. The zero-order chi connectivity index (χ0) is 22.8. The Morgan fingerprint density at radius 2 is 1.94 bits per heavy atom. The van der Waals surface area contributed by atoms with E-state index in [4.69, 9.17) is 32.9 Å². The molecule has 0 radical (unpaired) electrons. The van der Waals surface area contributed by atoms with Gasteiger partial charge in [0, 0.05) is 36.8 Å². The van der Waals surface area contributed by atoms with E-state index in [1.807, 2.05) is 12.1 Å². The van der Waals surface area contributed by atoms with Crippen LogP contribution in [-0.4, -0.2) is 21.6 Å². The Bertz CT molecular complexity index is 1150. The molecule has 2 heterocycles. The fourth-order valence-corrected chi connectivity index (χ4v) is 4.98. The van der Waals surface area contributed by atoms with Gasteiger partial charge in [-0.15, -0.1) is 0 Å². The van der Waals surface area contributed by atoms with E-state index in [0.29, 0.717) is 16.6 Å². The van der Waals surface area contributed by atoms with Gasteiger partial charge < -0.3 is 14.6 Å². The molecule has 0 unspecified atom stereocenters. The molecule has 0 atom stereocenters. The average Bonchev–Trinajstić information content (AvgIpc) is 3.54. The van der Waals surface area contributed by atoms with Crippen LogP contribution in [0.1, 0.15) is 49.1 Å². The Morgan fingerprint density at radius 1 is 1.09 bits per heavy atom. The number of aryl methyl sites for hydroxylation is 2. The van der Waals surface area contributed by atoms with Crippen molar-refractivity contribution in [3.63, 3.8) is 0 Å². The summed E-state index contributed by atoms with van der Waals surface area (Å²) in [6.45, 7) is 1.42. The molecule has 3 aromatic rings. The van der Waals surface area contributed by atoms with Crippen LogP contribution >= 0.6 is 23.2 Å². The topological polar surface area (TPSA) is 56.2 Å². The van der Waals surface area contributed by atoms with Crippen LogP contribution in [0.15, 0.2) is 42.6 Å². The second kappa shape index (κ2) is 9.78. The van der Waals surface area contributed by atoms with Crippen molar-refractivity contribution < 1.29 is 9.53 Å². The van der Waals surface area contributed by atoms with Crippen molar-refractivity contribution in [2.45, 2.75) is 64.1 Å². The fraction of sp³-hybridized carbons (Fsp3) is 0.385. The smallest absolute Gasteiger partial charge is 0.224 e. The Labute approximate surface area is 204 Å². The van der Waals surface area contributed by atoms with E-state index in [-0.39, 0.29) is 18.4 Å². The van der Waals surface area contributed by atoms with Crippen molar-refractivity contribution in [2.24, 2.45) is 0 Å². The lowest BCUT2D eigenvalue weighted by molar-refractivity contribution is -0.120. The summed E-state index contributed by atoms with van der Waals surface area (Å²) < 4.78 is 8.56. The summed E-state index contributed by atoms with van der Waals surface area (Å²) in [5, 5.41) is 3.98.